The molecule has 26 heavy (non-hydrogen) atoms. The summed E-state index contributed by atoms with van der Waals surface area (Å²) < 4.78 is 5.69. The molecule has 2 aromatic rings. The van der Waals surface area contributed by atoms with E-state index in [1.54, 1.807) is 12.1 Å². The predicted molar refractivity (Wildman–Crippen MR) is 102 cm³/mol. The predicted octanol–water partition coefficient (Wildman–Crippen LogP) is 3.08. The Balaban J connectivity index is 1.70. The summed E-state index contributed by atoms with van der Waals surface area (Å²) in [5.41, 5.74) is 3.51. The Bertz CT molecular complexity index is 814. The van der Waals surface area contributed by atoms with E-state index in [-0.39, 0.29) is 5.75 Å². The number of nitrogens with zero attached hydrogens (tertiary/aromatic N) is 3. The van der Waals surface area contributed by atoms with Gasteiger partial charge in [0.25, 0.3) is 0 Å². The van der Waals surface area contributed by atoms with Crippen LogP contribution in [0, 0.1) is 0 Å². The Hall–Kier alpha value is -1.89. The monoisotopic (exact) mass is 374 g/mol. The fraction of sp³-hybridized carbons (Fsp3) is 0.474. The Kier molecular flexibility index (Phi) is 4.98. The summed E-state index contributed by atoms with van der Waals surface area (Å²) in [5, 5.41) is 23.3. The summed E-state index contributed by atoms with van der Waals surface area (Å²) >= 11 is 5.96. The number of nitrogens with one attached hydrogen (secondary N) is 1. The van der Waals surface area contributed by atoms with Crippen LogP contribution in [0.2, 0.25) is 5.02 Å². The molecule has 138 valence electrons. The van der Waals surface area contributed by atoms with Crippen LogP contribution in [0.4, 0.5) is 5.82 Å². The number of aromatic hydroxyl groups is 1. The lowest BCUT2D eigenvalue weighted by molar-refractivity contribution is 0.111. The second-order valence-electron chi connectivity index (χ2n) is 7.06. The van der Waals surface area contributed by atoms with Crippen LogP contribution < -0.4 is 5.32 Å². The Morgan fingerprint density at radius 1 is 1.31 bits per heavy atom. The summed E-state index contributed by atoms with van der Waals surface area (Å²) in [4.78, 5) is 2.33. The van der Waals surface area contributed by atoms with Gasteiger partial charge in [0.2, 0.25) is 0 Å². The maximum Gasteiger partial charge on any atom is 0.154 e. The number of anilines is 1. The first-order valence-electron chi connectivity index (χ1n) is 9.02. The van der Waals surface area contributed by atoms with E-state index in [1.807, 2.05) is 0 Å². The molecule has 2 N–H and O–H groups in total. The second-order valence-corrected chi connectivity index (χ2v) is 7.50. The van der Waals surface area contributed by atoms with Crippen LogP contribution >= 0.6 is 11.6 Å². The Labute approximate surface area is 158 Å². The number of likely N-dealkylation sites (tertiary alicyclic amines) is 1. The molecule has 0 saturated carbocycles. The van der Waals surface area contributed by atoms with Crippen molar-refractivity contribution in [2.45, 2.75) is 31.9 Å². The number of halogens is 1. The molecule has 0 bridgehead atoms. The zero-order valence-corrected chi connectivity index (χ0v) is 15.6. The Morgan fingerprint density at radius 2 is 2.19 bits per heavy atom. The lowest BCUT2D eigenvalue weighted by Gasteiger charge is -2.31. The average Bonchev–Trinajstić information content (AvgIpc) is 2.63. The summed E-state index contributed by atoms with van der Waals surface area (Å²) in [6.45, 7) is 3.29. The molecule has 1 atom stereocenters. The number of ether oxygens (including phenoxy) is 1. The fourth-order valence-electron chi connectivity index (χ4n) is 3.79. The van der Waals surface area contributed by atoms with Gasteiger partial charge >= 0.3 is 0 Å². The molecule has 3 heterocycles. The van der Waals surface area contributed by atoms with Crippen LogP contribution in [-0.2, 0) is 17.8 Å². The molecule has 1 aromatic heterocycles. The number of aromatic nitrogens is 2. The standard InChI is InChI=1S/C19H23ClN4O2/c1-24-7-2-3-13(10-24)21-19-16-11-26-8-6-14(16)18(22-23-19)15-5-4-12(20)9-17(15)25/h4-5,9,13,25H,2-3,6-8,10-11H2,1H3,(H,21,23)/t13-/m1/s1. The van der Waals surface area contributed by atoms with E-state index in [0.717, 1.165) is 42.9 Å². The van der Waals surface area contributed by atoms with Crippen molar-refractivity contribution in [1.82, 2.24) is 15.1 Å². The largest absolute Gasteiger partial charge is 0.507 e. The van der Waals surface area contributed by atoms with Crippen LogP contribution in [0.3, 0.4) is 0 Å². The van der Waals surface area contributed by atoms with Crippen molar-refractivity contribution in [3.05, 3.63) is 34.3 Å². The summed E-state index contributed by atoms with van der Waals surface area (Å²) in [5.74, 6) is 0.923. The summed E-state index contributed by atoms with van der Waals surface area (Å²) in [6.07, 6.45) is 3.06. The minimum absolute atomic E-state index is 0.120. The number of likely N-dealkylation sites (N-methyl/N-ethyl adjacent to an activating group) is 1. The second kappa shape index (κ2) is 7.39. The van der Waals surface area contributed by atoms with Gasteiger partial charge in [0.1, 0.15) is 11.4 Å². The number of hydrogen-bond acceptors (Lipinski definition) is 6. The van der Waals surface area contributed by atoms with E-state index in [4.69, 9.17) is 16.3 Å². The maximum atomic E-state index is 10.3. The highest BCUT2D eigenvalue weighted by molar-refractivity contribution is 6.30. The number of hydrogen-bond donors (Lipinski definition) is 2. The molecule has 6 nitrogen and oxygen atoms in total. The fourth-order valence-corrected chi connectivity index (χ4v) is 3.96. The summed E-state index contributed by atoms with van der Waals surface area (Å²) in [6, 6.07) is 5.45. The van der Waals surface area contributed by atoms with E-state index in [9.17, 15) is 5.11 Å². The molecule has 0 aliphatic carbocycles. The number of rotatable bonds is 3. The first-order chi connectivity index (χ1) is 12.6. The molecule has 2 aliphatic rings. The van der Waals surface area contributed by atoms with Gasteiger partial charge in [-0.05, 0) is 56.6 Å². The molecule has 7 heteroatoms. The zero-order chi connectivity index (χ0) is 18.1. The first-order valence-corrected chi connectivity index (χ1v) is 9.40. The zero-order valence-electron chi connectivity index (χ0n) is 14.8. The molecule has 0 amide bonds. The van der Waals surface area contributed by atoms with E-state index in [2.05, 4.69) is 27.5 Å². The van der Waals surface area contributed by atoms with Crippen molar-refractivity contribution < 1.29 is 9.84 Å². The van der Waals surface area contributed by atoms with Crippen molar-refractivity contribution in [3.8, 4) is 17.0 Å². The van der Waals surface area contributed by atoms with Crippen molar-refractivity contribution in [3.63, 3.8) is 0 Å². The van der Waals surface area contributed by atoms with Gasteiger partial charge in [0.15, 0.2) is 5.82 Å². The molecular weight excluding hydrogens is 352 g/mol. The first kappa shape index (κ1) is 17.5. The quantitative estimate of drug-likeness (QED) is 0.860. The number of phenolic OH excluding ortho intramolecular Hbond substituents is 1. The van der Waals surface area contributed by atoms with Crippen molar-refractivity contribution in [2.75, 3.05) is 32.1 Å². The minimum Gasteiger partial charge on any atom is -0.507 e. The Morgan fingerprint density at radius 3 is 3.00 bits per heavy atom. The lowest BCUT2D eigenvalue weighted by atomic mass is 9.97. The van der Waals surface area contributed by atoms with Gasteiger partial charge in [0, 0.05) is 28.7 Å². The van der Waals surface area contributed by atoms with Gasteiger partial charge < -0.3 is 20.1 Å². The molecule has 2 aliphatic heterocycles. The third-order valence-corrected chi connectivity index (χ3v) is 5.34. The van der Waals surface area contributed by atoms with Crippen molar-refractivity contribution in [1.29, 1.82) is 0 Å². The van der Waals surface area contributed by atoms with Gasteiger partial charge in [-0.15, -0.1) is 10.2 Å². The maximum absolute atomic E-state index is 10.3. The van der Waals surface area contributed by atoms with E-state index < -0.39 is 0 Å². The van der Waals surface area contributed by atoms with Gasteiger partial charge in [-0.25, -0.2) is 0 Å². The lowest BCUT2D eigenvalue weighted by Crippen LogP contribution is -2.40. The highest BCUT2D eigenvalue weighted by Crippen LogP contribution is 2.36. The van der Waals surface area contributed by atoms with Crippen LogP contribution in [0.25, 0.3) is 11.3 Å². The highest BCUT2D eigenvalue weighted by Gasteiger charge is 2.25. The topological polar surface area (TPSA) is 70.5 Å². The van der Waals surface area contributed by atoms with Crippen LogP contribution in [0.5, 0.6) is 5.75 Å². The molecular formula is C19H23ClN4O2. The van der Waals surface area contributed by atoms with Crippen LogP contribution in [-0.4, -0.2) is 53.0 Å². The third kappa shape index (κ3) is 3.49. The normalized spacial score (nSPS) is 20.6. The SMILES string of the molecule is CN1CCC[C@@H](Nc2nnc(-c3ccc(Cl)cc3O)c3c2COCC3)C1. The number of fused-ring (bicyclic) bond motifs is 1. The number of phenols is 1. The van der Waals surface area contributed by atoms with Gasteiger partial charge in [-0.3, -0.25) is 0 Å². The number of piperidine rings is 1. The molecule has 1 fully saturated rings. The van der Waals surface area contributed by atoms with Gasteiger partial charge in [-0.1, -0.05) is 11.6 Å². The van der Waals surface area contributed by atoms with Crippen molar-refractivity contribution >= 4 is 17.4 Å². The van der Waals surface area contributed by atoms with E-state index in [0.29, 0.717) is 35.5 Å². The smallest absolute Gasteiger partial charge is 0.154 e. The molecule has 1 saturated heterocycles. The molecule has 1 aromatic carbocycles. The van der Waals surface area contributed by atoms with E-state index >= 15 is 0 Å². The van der Waals surface area contributed by atoms with Crippen molar-refractivity contribution in [2.24, 2.45) is 0 Å². The molecule has 4 rings (SSSR count). The minimum atomic E-state index is 0.120. The molecule has 0 spiro atoms. The third-order valence-electron chi connectivity index (χ3n) is 5.11. The van der Waals surface area contributed by atoms with Gasteiger partial charge in [-0.2, -0.15) is 0 Å². The molecule has 0 radical (unpaired) electrons. The highest BCUT2D eigenvalue weighted by atomic mass is 35.5. The average molecular weight is 375 g/mol. The van der Waals surface area contributed by atoms with Gasteiger partial charge in [0.05, 0.1) is 13.2 Å². The van der Waals surface area contributed by atoms with Crippen LogP contribution in [0.15, 0.2) is 18.2 Å². The van der Waals surface area contributed by atoms with Crippen LogP contribution in [0.1, 0.15) is 24.0 Å². The number of benzene rings is 1. The molecule has 0 unspecified atom stereocenters. The van der Waals surface area contributed by atoms with E-state index in [1.165, 1.54) is 12.5 Å². The summed E-state index contributed by atoms with van der Waals surface area (Å²) in [7, 11) is 2.14.